The van der Waals surface area contributed by atoms with Gasteiger partial charge in [-0.15, -0.1) is 0 Å². The summed E-state index contributed by atoms with van der Waals surface area (Å²) < 4.78 is 33.7. The molecule has 0 amide bonds. The molecule has 0 aromatic carbocycles. The Bertz CT molecular complexity index is 830. The number of allylic oxidation sites excluding steroid dienone is 2. The molecule has 0 heterocycles. The van der Waals surface area contributed by atoms with Gasteiger partial charge in [-0.25, -0.2) is 0 Å². The van der Waals surface area contributed by atoms with E-state index in [2.05, 4.69) is 26.0 Å². The lowest BCUT2D eigenvalue weighted by Crippen LogP contribution is -2.37. The molecule has 0 aliphatic carbocycles. The minimum absolute atomic E-state index is 0.0287. The maximum absolute atomic E-state index is 12.6. The number of likely N-dealkylation sites (N-methyl/N-ethyl adjacent to an activating group) is 1. The first-order chi connectivity index (χ1) is 22.5. The zero-order valence-corrected chi connectivity index (χ0v) is 31.9. The number of hydrogen-bond donors (Lipinski definition) is 0. The Morgan fingerprint density at radius 3 is 1.64 bits per heavy atom. The van der Waals surface area contributed by atoms with Crippen molar-refractivity contribution in [1.29, 1.82) is 0 Å². The number of unbranched alkanes of at least 4 members (excludes halogenated alkanes) is 18. The molecule has 0 bridgehead atoms. The van der Waals surface area contributed by atoms with Crippen LogP contribution < -0.4 is 4.89 Å². The highest BCUT2D eigenvalue weighted by Gasteiger charge is 2.21. The lowest BCUT2D eigenvalue weighted by molar-refractivity contribution is -0.870. The van der Waals surface area contributed by atoms with Crippen LogP contribution in [0.5, 0.6) is 0 Å². The Hall–Kier alpha value is -1.25. The number of phosphoric acid groups is 1. The summed E-state index contributed by atoms with van der Waals surface area (Å²) in [7, 11) is 1.17. The molecule has 0 aliphatic heterocycles. The third-order valence-corrected chi connectivity index (χ3v) is 9.00. The number of quaternary nitrogens is 1. The maximum atomic E-state index is 12.6. The van der Waals surface area contributed by atoms with Crippen molar-refractivity contribution in [3.63, 3.8) is 0 Å². The average Bonchev–Trinajstić information content (AvgIpc) is 3.01. The third kappa shape index (κ3) is 34.4. The van der Waals surface area contributed by atoms with Crippen LogP contribution in [0.1, 0.15) is 162 Å². The number of ether oxygens (including phenoxy) is 2. The second-order valence-corrected chi connectivity index (χ2v) is 15.4. The van der Waals surface area contributed by atoms with Crippen LogP contribution in [0.15, 0.2) is 12.2 Å². The fraction of sp³-hybridized carbons (Fsp3) is 0.892. The summed E-state index contributed by atoms with van der Waals surface area (Å²) in [6.45, 7) is 4.15. The Kier molecular flexibility index (Phi) is 30.0. The molecule has 0 saturated carbocycles. The van der Waals surface area contributed by atoms with E-state index in [1.165, 1.54) is 89.9 Å². The van der Waals surface area contributed by atoms with E-state index in [1.54, 1.807) is 0 Å². The molecule has 10 heteroatoms. The summed E-state index contributed by atoms with van der Waals surface area (Å²) in [5.74, 6) is -0.839. The van der Waals surface area contributed by atoms with E-state index in [4.69, 9.17) is 18.5 Å². The van der Waals surface area contributed by atoms with Gasteiger partial charge in [0.25, 0.3) is 7.82 Å². The average molecular weight is 690 g/mol. The van der Waals surface area contributed by atoms with Crippen molar-refractivity contribution in [2.24, 2.45) is 0 Å². The number of rotatable bonds is 34. The molecule has 0 radical (unpaired) electrons. The molecule has 0 saturated heterocycles. The summed E-state index contributed by atoms with van der Waals surface area (Å²) in [6, 6.07) is 0. The number of hydrogen-bond acceptors (Lipinski definition) is 8. The van der Waals surface area contributed by atoms with Crippen LogP contribution in [0.3, 0.4) is 0 Å². The van der Waals surface area contributed by atoms with Crippen LogP contribution in [0.2, 0.25) is 0 Å². The molecule has 47 heavy (non-hydrogen) atoms. The molecule has 0 N–H and O–H groups in total. The number of carbonyl (C=O) groups is 2. The van der Waals surface area contributed by atoms with E-state index >= 15 is 0 Å². The van der Waals surface area contributed by atoms with Crippen LogP contribution in [-0.2, 0) is 32.7 Å². The smallest absolute Gasteiger partial charge is 0.306 e. The Morgan fingerprint density at radius 2 is 1.11 bits per heavy atom. The second kappa shape index (κ2) is 30.8. The van der Waals surface area contributed by atoms with Crippen molar-refractivity contribution in [2.45, 2.75) is 168 Å². The highest BCUT2D eigenvalue weighted by Crippen LogP contribution is 2.38. The minimum Gasteiger partial charge on any atom is -0.756 e. The van der Waals surface area contributed by atoms with Gasteiger partial charge in [0.05, 0.1) is 27.7 Å². The Balaban J connectivity index is 4.39. The molecular formula is C37H72NO8P. The zero-order chi connectivity index (χ0) is 35.1. The molecule has 278 valence electrons. The van der Waals surface area contributed by atoms with Crippen LogP contribution in [0.4, 0.5) is 0 Å². The molecular weight excluding hydrogens is 617 g/mol. The van der Waals surface area contributed by atoms with Crippen molar-refractivity contribution >= 4 is 19.8 Å². The monoisotopic (exact) mass is 689 g/mol. The van der Waals surface area contributed by atoms with E-state index in [9.17, 15) is 19.0 Å². The van der Waals surface area contributed by atoms with Gasteiger partial charge in [0.2, 0.25) is 0 Å². The van der Waals surface area contributed by atoms with Gasteiger partial charge in [-0.05, 0) is 32.1 Å². The summed E-state index contributed by atoms with van der Waals surface area (Å²) >= 11 is 0. The molecule has 9 nitrogen and oxygen atoms in total. The van der Waals surface area contributed by atoms with Gasteiger partial charge in [0.1, 0.15) is 19.8 Å². The molecule has 0 fully saturated rings. The van der Waals surface area contributed by atoms with E-state index in [-0.39, 0.29) is 32.0 Å². The number of phosphoric ester groups is 1. The van der Waals surface area contributed by atoms with Crippen molar-refractivity contribution in [3.8, 4) is 0 Å². The number of nitrogens with zero attached hydrogens (tertiary/aromatic N) is 1. The van der Waals surface area contributed by atoms with E-state index in [1.807, 2.05) is 21.1 Å². The molecule has 1 unspecified atom stereocenters. The van der Waals surface area contributed by atoms with Gasteiger partial charge >= 0.3 is 11.9 Å². The summed E-state index contributed by atoms with van der Waals surface area (Å²) in [6.07, 6.45) is 28.2. The van der Waals surface area contributed by atoms with Gasteiger partial charge in [-0.2, -0.15) is 0 Å². The SMILES string of the molecule is CCCC/C=C/CCCCCCCCCCCC(=O)O[C@H](COC(=O)CCCCCCCCCC)COP(=O)([O-])OCC[N+](C)(C)C. The normalized spacial score (nSPS) is 13.9. The van der Waals surface area contributed by atoms with Gasteiger partial charge in [0.15, 0.2) is 6.10 Å². The fourth-order valence-electron chi connectivity index (χ4n) is 4.99. The van der Waals surface area contributed by atoms with Gasteiger partial charge < -0.3 is 27.9 Å². The summed E-state index contributed by atoms with van der Waals surface area (Å²) in [4.78, 5) is 37.2. The molecule has 0 aliphatic rings. The summed E-state index contributed by atoms with van der Waals surface area (Å²) in [5, 5.41) is 0. The van der Waals surface area contributed by atoms with Gasteiger partial charge in [0, 0.05) is 12.8 Å². The van der Waals surface area contributed by atoms with Gasteiger partial charge in [-0.1, -0.05) is 129 Å². The third-order valence-electron chi connectivity index (χ3n) is 8.04. The van der Waals surface area contributed by atoms with Crippen molar-refractivity contribution in [1.82, 2.24) is 0 Å². The zero-order valence-electron chi connectivity index (χ0n) is 31.0. The Labute approximate surface area is 288 Å². The topological polar surface area (TPSA) is 111 Å². The first-order valence-electron chi connectivity index (χ1n) is 18.9. The van der Waals surface area contributed by atoms with Gasteiger partial charge in [-0.3, -0.25) is 14.2 Å². The fourth-order valence-corrected chi connectivity index (χ4v) is 5.72. The first kappa shape index (κ1) is 45.8. The van der Waals surface area contributed by atoms with Crippen molar-refractivity contribution in [3.05, 3.63) is 12.2 Å². The van der Waals surface area contributed by atoms with Crippen LogP contribution in [-0.4, -0.2) is 70.0 Å². The maximum Gasteiger partial charge on any atom is 0.306 e. The van der Waals surface area contributed by atoms with Crippen molar-refractivity contribution in [2.75, 3.05) is 47.5 Å². The predicted octanol–water partition coefficient (Wildman–Crippen LogP) is 9.22. The number of esters is 2. The molecule has 0 rings (SSSR count). The predicted molar refractivity (Wildman–Crippen MR) is 190 cm³/mol. The lowest BCUT2D eigenvalue weighted by atomic mass is 10.1. The van der Waals surface area contributed by atoms with E-state index in [0.29, 0.717) is 17.4 Å². The standard InChI is InChI=1S/C37H72NO8P/c1-6-8-10-12-14-16-17-18-19-20-21-22-24-26-28-30-37(40)46-35(34-45-47(41,42)44-32-31-38(3,4)5)33-43-36(39)29-27-25-23-15-13-11-9-7-2/h12,14,35H,6-11,13,15-34H2,1-5H3/b14-12+/t35-/m1/s1. The molecule has 0 spiro atoms. The van der Waals surface area contributed by atoms with Crippen molar-refractivity contribution < 1.29 is 42.1 Å². The highest BCUT2D eigenvalue weighted by molar-refractivity contribution is 7.45. The Morgan fingerprint density at radius 1 is 0.638 bits per heavy atom. The lowest BCUT2D eigenvalue weighted by Gasteiger charge is -2.28. The summed E-state index contributed by atoms with van der Waals surface area (Å²) in [5.41, 5.74) is 0. The highest BCUT2D eigenvalue weighted by atomic mass is 31.2. The minimum atomic E-state index is -4.61. The molecule has 2 atom stereocenters. The van der Waals surface area contributed by atoms with Crippen LogP contribution >= 0.6 is 7.82 Å². The molecule has 0 aromatic heterocycles. The van der Waals surface area contributed by atoms with Crippen LogP contribution in [0, 0.1) is 0 Å². The van der Waals surface area contributed by atoms with E-state index < -0.39 is 26.5 Å². The van der Waals surface area contributed by atoms with E-state index in [0.717, 1.165) is 38.5 Å². The molecule has 0 aromatic rings. The quantitative estimate of drug-likeness (QED) is 0.0216. The second-order valence-electron chi connectivity index (χ2n) is 13.9. The first-order valence-corrected chi connectivity index (χ1v) is 20.4. The largest absolute Gasteiger partial charge is 0.756 e. The number of carbonyl (C=O) groups excluding carboxylic acids is 2. The van der Waals surface area contributed by atoms with Crippen LogP contribution in [0.25, 0.3) is 0 Å².